The number of rotatable bonds is 6. The normalized spacial score (nSPS) is 25.3. The summed E-state index contributed by atoms with van der Waals surface area (Å²) in [5.41, 5.74) is 0. The van der Waals surface area contributed by atoms with Gasteiger partial charge in [0.1, 0.15) is 0 Å². The SMILES string of the molecule is CCC(C)C1NC(CC)N(CCC(=O)OC)C1=O. The average molecular weight is 256 g/mol. The molecule has 1 saturated heterocycles. The van der Waals surface area contributed by atoms with Gasteiger partial charge in [0.2, 0.25) is 5.91 Å². The average Bonchev–Trinajstić information content (AvgIpc) is 2.71. The Balaban J connectivity index is 2.65. The van der Waals surface area contributed by atoms with E-state index in [0.29, 0.717) is 12.5 Å². The number of methoxy groups -OCH3 is 1. The molecule has 0 aliphatic carbocycles. The van der Waals surface area contributed by atoms with E-state index in [-0.39, 0.29) is 30.5 Å². The Morgan fingerprint density at radius 3 is 2.67 bits per heavy atom. The zero-order valence-electron chi connectivity index (χ0n) is 11.7. The van der Waals surface area contributed by atoms with Crippen molar-refractivity contribution in [2.45, 2.75) is 52.2 Å². The molecule has 0 aromatic heterocycles. The van der Waals surface area contributed by atoms with Gasteiger partial charge in [-0.2, -0.15) is 0 Å². The lowest BCUT2D eigenvalue weighted by molar-refractivity contribution is -0.141. The van der Waals surface area contributed by atoms with Crippen molar-refractivity contribution in [1.82, 2.24) is 10.2 Å². The lowest BCUT2D eigenvalue weighted by Crippen LogP contribution is -2.38. The van der Waals surface area contributed by atoms with Gasteiger partial charge in [-0.3, -0.25) is 14.9 Å². The molecule has 1 aliphatic heterocycles. The summed E-state index contributed by atoms with van der Waals surface area (Å²) in [6, 6.07) is -0.113. The van der Waals surface area contributed by atoms with Crippen molar-refractivity contribution in [3.05, 3.63) is 0 Å². The van der Waals surface area contributed by atoms with E-state index in [1.54, 1.807) is 4.90 Å². The molecule has 1 rings (SSSR count). The van der Waals surface area contributed by atoms with Gasteiger partial charge >= 0.3 is 5.97 Å². The summed E-state index contributed by atoms with van der Waals surface area (Å²) < 4.78 is 4.61. The van der Waals surface area contributed by atoms with E-state index in [9.17, 15) is 9.59 Å². The first-order valence-corrected chi connectivity index (χ1v) is 6.68. The first-order valence-electron chi connectivity index (χ1n) is 6.68. The molecule has 5 heteroatoms. The second-order valence-electron chi connectivity index (χ2n) is 4.81. The molecule has 1 N–H and O–H groups in total. The minimum atomic E-state index is -0.273. The third-order valence-electron chi connectivity index (χ3n) is 3.68. The van der Waals surface area contributed by atoms with Crippen LogP contribution in [0.5, 0.6) is 0 Å². The summed E-state index contributed by atoms with van der Waals surface area (Å²) in [4.78, 5) is 25.2. The maximum Gasteiger partial charge on any atom is 0.307 e. The number of hydrogen-bond acceptors (Lipinski definition) is 4. The summed E-state index contributed by atoms with van der Waals surface area (Å²) in [7, 11) is 1.37. The molecule has 1 aliphatic rings. The molecule has 1 fully saturated rings. The van der Waals surface area contributed by atoms with Crippen LogP contribution in [0.15, 0.2) is 0 Å². The van der Waals surface area contributed by atoms with Crippen molar-refractivity contribution in [2.75, 3.05) is 13.7 Å². The molecule has 0 radical (unpaired) electrons. The van der Waals surface area contributed by atoms with Gasteiger partial charge in [-0.1, -0.05) is 27.2 Å². The van der Waals surface area contributed by atoms with E-state index >= 15 is 0 Å². The lowest BCUT2D eigenvalue weighted by atomic mass is 9.99. The van der Waals surface area contributed by atoms with Crippen molar-refractivity contribution in [2.24, 2.45) is 5.92 Å². The van der Waals surface area contributed by atoms with Crippen LogP contribution in [0.25, 0.3) is 0 Å². The van der Waals surface area contributed by atoms with Crippen LogP contribution < -0.4 is 5.32 Å². The molecule has 0 aromatic rings. The Morgan fingerprint density at radius 2 is 2.17 bits per heavy atom. The molecular weight excluding hydrogens is 232 g/mol. The molecule has 0 bridgehead atoms. The van der Waals surface area contributed by atoms with Gasteiger partial charge in [0, 0.05) is 6.54 Å². The van der Waals surface area contributed by atoms with E-state index < -0.39 is 0 Å². The van der Waals surface area contributed by atoms with Gasteiger partial charge in [-0.15, -0.1) is 0 Å². The van der Waals surface area contributed by atoms with Crippen LogP contribution in [0, 0.1) is 5.92 Å². The van der Waals surface area contributed by atoms with E-state index in [2.05, 4.69) is 23.9 Å². The number of amides is 1. The zero-order valence-corrected chi connectivity index (χ0v) is 11.7. The molecule has 0 saturated carbocycles. The number of nitrogens with zero attached hydrogens (tertiary/aromatic N) is 1. The van der Waals surface area contributed by atoms with Gasteiger partial charge in [0.25, 0.3) is 0 Å². The topological polar surface area (TPSA) is 58.6 Å². The van der Waals surface area contributed by atoms with Crippen LogP contribution in [0.2, 0.25) is 0 Å². The zero-order chi connectivity index (χ0) is 13.7. The van der Waals surface area contributed by atoms with Crippen LogP contribution in [-0.4, -0.2) is 42.6 Å². The molecule has 0 spiro atoms. The number of ether oxygens (including phenoxy) is 1. The van der Waals surface area contributed by atoms with Crippen LogP contribution in [0.3, 0.4) is 0 Å². The smallest absolute Gasteiger partial charge is 0.307 e. The summed E-state index contributed by atoms with van der Waals surface area (Å²) in [5, 5.41) is 3.36. The molecule has 104 valence electrons. The number of hydrogen-bond donors (Lipinski definition) is 1. The van der Waals surface area contributed by atoms with Gasteiger partial charge in [0.05, 0.1) is 25.7 Å². The highest BCUT2D eigenvalue weighted by Gasteiger charge is 2.39. The molecule has 5 nitrogen and oxygen atoms in total. The molecule has 18 heavy (non-hydrogen) atoms. The monoisotopic (exact) mass is 256 g/mol. The highest BCUT2D eigenvalue weighted by Crippen LogP contribution is 2.21. The van der Waals surface area contributed by atoms with E-state index in [4.69, 9.17) is 0 Å². The minimum absolute atomic E-state index is 0.0427. The highest BCUT2D eigenvalue weighted by atomic mass is 16.5. The number of esters is 1. The second-order valence-corrected chi connectivity index (χ2v) is 4.81. The molecule has 3 unspecified atom stereocenters. The molecule has 1 heterocycles. The quantitative estimate of drug-likeness (QED) is 0.724. The van der Waals surface area contributed by atoms with Crippen molar-refractivity contribution >= 4 is 11.9 Å². The first-order chi connectivity index (χ1) is 8.54. The summed E-state index contributed by atoms with van der Waals surface area (Å²) >= 11 is 0. The standard InChI is InChI=1S/C13H24N2O3/c1-5-9(3)12-13(17)15(10(6-2)14-12)8-7-11(16)18-4/h9-10,12,14H,5-8H2,1-4H3. The van der Waals surface area contributed by atoms with Crippen molar-refractivity contribution < 1.29 is 14.3 Å². The predicted octanol–water partition coefficient (Wildman–Crippen LogP) is 1.13. The van der Waals surface area contributed by atoms with Crippen LogP contribution >= 0.6 is 0 Å². The van der Waals surface area contributed by atoms with Crippen molar-refractivity contribution in [3.8, 4) is 0 Å². The third kappa shape index (κ3) is 3.22. The minimum Gasteiger partial charge on any atom is -0.469 e. The van der Waals surface area contributed by atoms with Crippen molar-refractivity contribution in [1.29, 1.82) is 0 Å². The first kappa shape index (κ1) is 15.0. The van der Waals surface area contributed by atoms with Gasteiger partial charge in [-0.05, 0) is 12.3 Å². The Labute approximate surface area is 109 Å². The Morgan fingerprint density at radius 1 is 1.50 bits per heavy atom. The molecule has 3 atom stereocenters. The Kier molecular flexibility index (Phi) is 5.59. The van der Waals surface area contributed by atoms with Gasteiger partial charge < -0.3 is 9.64 Å². The third-order valence-corrected chi connectivity index (χ3v) is 3.68. The molecule has 1 amide bonds. The highest BCUT2D eigenvalue weighted by molar-refractivity contribution is 5.85. The largest absolute Gasteiger partial charge is 0.469 e. The number of carbonyl (C=O) groups is 2. The fourth-order valence-electron chi connectivity index (χ4n) is 2.26. The summed E-state index contributed by atoms with van der Waals surface area (Å²) in [5.74, 6) is 0.152. The Hall–Kier alpha value is -1.10. The second kappa shape index (κ2) is 6.73. The lowest BCUT2D eigenvalue weighted by Gasteiger charge is -2.22. The molecule has 0 aromatic carbocycles. The summed E-state index contributed by atoms with van der Waals surface area (Å²) in [6.07, 6.45) is 2.11. The number of carbonyl (C=O) groups excluding carboxylic acids is 2. The van der Waals surface area contributed by atoms with Crippen LogP contribution in [0.1, 0.15) is 40.0 Å². The van der Waals surface area contributed by atoms with Crippen LogP contribution in [0.4, 0.5) is 0 Å². The summed E-state index contributed by atoms with van der Waals surface area (Å²) in [6.45, 7) is 6.63. The maximum atomic E-state index is 12.3. The fraction of sp³-hybridized carbons (Fsp3) is 0.846. The van der Waals surface area contributed by atoms with Crippen molar-refractivity contribution in [3.63, 3.8) is 0 Å². The predicted molar refractivity (Wildman–Crippen MR) is 68.8 cm³/mol. The van der Waals surface area contributed by atoms with E-state index in [1.807, 2.05) is 6.92 Å². The van der Waals surface area contributed by atoms with Gasteiger partial charge in [0.15, 0.2) is 0 Å². The van der Waals surface area contributed by atoms with Gasteiger partial charge in [-0.25, -0.2) is 0 Å². The van der Waals surface area contributed by atoms with E-state index in [0.717, 1.165) is 12.8 Å². The Bertz CT molecular complexity index is 307. The van der Waals surface area contributed by atoms with Crippen LogP contribution in [-0.2, 0) is 14.3 Å². The number of nitrogens with one attached hydrogen (secondary N) is 1. The fourth-order valence-corrected chi connectivity index (χ4v) is 2.26. The maximum absolute atomic E-state index is 12.3. The molecular formula is C13H24N2O3. The van der Waals surface area contributed by atoms with E-state index in [1.165, 1.54) is 7.11 Å².